The molecule has 13 rings (SSSR count). The Morgan fingerprint density at radius 1 is 0.403 bits per heavy atom. The minimum absolute atomic E-state index is 0.591. The molecular formula is C55H29N5O2. The van der Waals surface area contributed by atoms with Gasteiger partial charge >= 0.3 is 0 Å². The lowest BCUT2D eigenvalue weighted by molar-refractivity contribution is 0.669. The molecule has 0 N–H and O–H groups in total. The SMILES string of the molecule is N#Cc1ccc2c(c1)c1cc(-c3cccc4c3oc3ccccc34)ccc1n2-c1ccc(-n2c3ccc(C#N)cc3c3cc(-c4cccc5c4oc4ccccc45)ccc32)nc1. The van der Waals surface area contributed by atoms with Crippen molar-refractivity contribution in [3.05, 3.63) is 187 Å². The van der Waals surface area contributed by atoms with Gasteiger partial charge in [0.05, 0.1) is 57.2 Å². The summed E-state index contributed by atoms with van der Waals surface area (Å²) < 4.78 is 17.2. The van der Waals surface area contributed by atoms with Crippen LogP contribution in [0, 0.1) is 22.7 Å². The van der Waals surface area contributed by atoms with E-state index in [2.05, 4.69) is 112 Å². The topological polar surface area (TPSA) is 96.6 Å². The van der Waals surface area contributed by atoms with Crippen LogP contribution < -0.4 is 0 Å². The summed E-state index contributed by atoms with van der Waals surface area (Å²) in [6, 6.07) is 62.3. The summed E-state index contributed by atoms with van der Waals surface area (Å²) in [5, 5.41) is 28.2. The van der Waals surface area contributed by atoms with Gasteiger partial charge in [0, 0.05) is 54.2 Å². The second-order valence-electron chi connectivity index (χ2n) is 15.8. The fourth-order valence-corrected chi connectivity index (χ4v) is 9.64. The summed E-state index contributed by atoms with van der Waals surface area (Å²) in [6.45, 7) is 0. The van der Waals surface area contributed by atoms with Crippen molar-refractivity contribution in [1.82, 2.24) is 14.1 Å². The number of nitrogens with zero attached hydrogens (tertiary/aromatic N) is 5. The Kier molecular flexibility index (Phi) is 7.02. The molecular weight excluding hydrogens is 763 g/mol. The van der Waals surface area contributed by atoms with Crippen LogP contribution in [0.25, 0.3) is 121 Å². The number of pyridine rings is 1. The molecule has 0 aliphatic rings. The van der Waals surface area contributed by atoms with Gasteiger partial charge in [0.15, 0.2) is 0 Å². The van der Waals surface area contributed by atoms with E-state index in [1.54, 1.807) is 0 Å². The molecule has 7 nitrogen and oxygen atoms in total. The Morgan fingerprint density at radius 3 is 1.37 bits per heavy atom. The van der Waals surface area contributed by atoms with Crippen LogP contribution in [0.5, 0.6) is 0 Å². The van der Waals surface area contributed by atoms with E-state index >= 15 is 0 Å². The predicted molar refractivity (Wildman–Crippen MR) is 248 cm³/mol. The van der Waals surface area contributed by atoms with Crippen molar-refractivity contribution in [2.24, 2.45) is 0 Å². The number of para-hydroxylation sites is 4. The average molecular weight is 792 g/mol. The van der Waals surface area contributed by atoms with Crippen molar-refractivity contribution in [2.75, 3.05) is 0 Å². The van der Waals surface area contributed by atoms with E-state index in [4.69, 9.17) is 13.8 Å². The monoisotopic (exact) mass is 791 g/mol. The summed E-state index contributed by atoms with van der Waals surface area (Å²) in [6.07, 6.45) is 1.91. The van der Waals surface area contributed by atoms with Crippen molar-refractivity contribution in [3.8, 4) is 45.9 Å². The highest BCUT2D eigenvalue weighted by atomic mass is 16.3. The molecule has 0 atom stereocenters. The minimum atomic E-state index is 0.591. The largest absolute Gasteiger partial charge is 0.455 e. The van der Waals surface area contributed by atoms with Crippen LogP contribution in [0.1, 0.15) is 11.1 Å². The number of hydrogen-bond donors (Lipinski definition) is 0. The first-order valence-electron chi connectivity index (χ1n) is 20.4. The predicted octanol–water partition coefficient (Wildman–Crippen LogP) is 14.2. The molecule has 0 saturated heterocycles. The average Bonchev–Trinajstić information content (AvgIpc) is 4.08. The van der Waals surface area contributed by atoms with E-state index in [1.165, 1.54) is 0 Å². The molecule has 5 heterocycles. The maximum atomic E-state index is 9.95. The molecule has 0 saturated carbocycles. The number of furan rings is 2. The fraction of sp³-hybridized carbons (Fsp3) is 0. The van der Waals surface area contributed by atoms with Crippen molar-refractivity contribution < 1.29 is 8.83 Å². The Bertz CT molecular complexity index is 3860. The number of fused-ring (bicyclic) bond motifs is 12. The summed E-state index contributed by atoms with van der Waals surface area (Å²) in [7, 11) is 0. The molecule has 5 aromatic heterocycles. The van der Waals surface area contributed by atoms with E-state index in [1.807, 2.05) is 85.1 Å². The second kappa shape index (κ2) is 12.8. The molecule has 0 unspecified atom stereocenters. The van der Waals surface area contributed by atoms with Crippen molar-refractivity contribution >= 4 is 87.5 Å². The van der Waals surface area contributed by atoms with Crippen molar-refractivity contribution in [3.63, 3.8) is 0 Å². The lowest BCUT2D eigenvalue weighted by Gasteiger charge is -2.11. The number of aromatic nitrogens is 3. The van der Waals surface area contributed by atoms with Gasteiger partial charge in [-0.2, -0.15) is 10.5 Å². The van der Waals surface area contributed by atoms with E-state index in [-0.39, 0.29) is 0 Å². The first-order chi connectivity index (χ1) is 30.6. The van der Waals surface area contributed by atoms with Gasteiger partial charge in [-0.1, -0.05) is 84.9 Å². The zero-order chi connectivity index (χ0) is 41.1. The van der Waals surface area contributed by atoms with E-state index in [9.17, 15) is 10.5 Å². The van der Waals surface area contributed by atoms with Gasteiger partial charge in [-0.15, -0.1) is 0 Å². The van der Waals surface area contributed by atoms with E-state index < -0.39 is 0 Å². The third-order valence-electron chi connectivity index (χ3n) is 12.4. The number of benzene rings is 8. The van der Waals surface area contributed by atoms with Gasteiger partial charge in [-0.3, -0.25) is 4.57 Å². The molecule has 0 aliphatic carbocycles. The molecule has 0 spiro atoms. The normalized spacial score (nSPS) is 11.8. The quantitative estimate of drug-likeness (QED) is 0.177. The number of hydrogen-bond acceptors (Lipinski definition) is 5. The lowest BCUT2D eigenvalue weighted by atomic mass is 10.00. The maximum absolute atomic E-state index is 9.95. The number of rotatable bonds is 4. The third-order valence-corrected chi connectivity index (χ3v) is 12.4. The highest BCUT2D eigenvalue weighted by Crippen LogP contribution is 2.42. The van der Waals surface area contributed by atoms with Gasteiger partial charge in [-0.05, 0) is 96.1 Å². The molecule has 7 heteroatoms. The van der Waals surface area contributed by atoms with Crippen LogP contribution in [0.2, 0.25) is 0 Å². The van der Waals surface area contributed by atoms with E-state index in [0.717, 1.165) is 121 Å². The lowest BCUT2D eigenvalue weighted by Crippen LogP contribution is -2.00. The molecule has 286 valence electrons. The second-order valence-corrected chi connectivity index (χ2v) is 15.8. The first-order valence-corrected chi connectivity index (χ1v) is 20.4. The zero-order valence-electron chi connectivity index (χ0n) is 32.8. The maximum Gasteiger partial charge on any atom is 0.143 e. The standard InChI is InChI=1S/C55H29N5O2/c56-29-32-15-20-47-43(25-32)45-27-34(37-9-5-11-41-39-7-1-3-13-51(39)61-54(37)41)17-22-48(45)59(47)36-19-24-53(58-31-36)60-49-21-16-33(30-57)26-44(49)46-28-35(18-23-50(46)60)38-10-6-12-42-40-8-2-4-14-52(40)62-55(38)42/h1-28,31H. The Morgan fingerprint density at radius 2 is 0.871 bits per heavy atom. The summed E-state index contributed by atoms with van der Waals surface area (Å²) in [5.41, 5.74) is 13.5. The highest BCUT2D eigenvalue weighted by Gasteiger charge is 2.20. The van der Waals surface area contributed by atoms with Gasteiger partial charge in [-0.25, -0.2) is 4.98 Å². The van der Waals surface area contributed by atoms with Crippen molar-refractivity contribution in [1.29, 1.82) is 10.5 Å². The van der Waals surface area contributed by atoms with Gasteiger partial charge < -0.3 is 13.4 Å². The Labute approximate surface area is 352 Å². The van der Waals surface area contributed by atoms with Crippen molar-refractivity contribution in [2.45, 2.75) is 0 Å². The summed E-state index contributed by atoms with van der Waals surface area (Å²) in [4.78, 5) is 5.13. The van der Waals surface area contributed by atoms with Gasteiger partial charge in [0.1, 0.15) is 28.1 Å². The van der Waals surface area contributed by atoms with Crippen LogP contribution in [-0.4, -0.2) is 14.1 Å². The zero-order valence-corrected chi connectivity index (χ0v) is 32.8. The highest BCUT2D eigenvalue weighted by molar-refractivity contribution is 6.15. The molecule has 0 aliphatic heterocycles. The van der Waals surface area contributed by atoms with Crippen LogP contribution in [0.3, 0.4) is 0 Å². The fourth-order valence-electron chi connectivity index (χ4n) is 9.64. The Hall–Kier alpha value is -8.91. The third kappa shape index (κ3) is 4.82. The molecule has 62 heavy (non-hydrogen) atoms. The van der Waals surface area contributed by atoms with E-state index in [0.29, 0.717) is 11.1 Å². The molecule has 0 bridgehead atoms. The summed E-state index contributed by atoms with van der Waals surface area (Å²) in [5.74, 6) is 0.749. The minimum Gasteiger partial charge on any atom is -0.455 e. The van der Waals surface area contributed by atoms with Crippen LogP contribution >= 0.6 is 0 Å². The molecule has 0 fully saturated rings. The molecule has 8 aromatic carbocycles. The van der Waals surface area contributed by atoms with Gasteiger partial charge in [0.2, 0.25) is 0 Å². The van der Waals surface area contributed by atoms with Crippen LogP contribution in [0.4, 0.5) is 0 Å². The number of nitriles is 2. The molecule has 0 radical (unpaired) electrons. The smallest absolute Gasteiger partial charge is 0.143 e. The Balaban J connectivity index is 0.959. The van der Waals surface area contributed by atoms with Crippen LogP contribution in [-0.2, 0) is 0 Å². The van der Waals surface area contributed by atoms with Gasteiger partial charge in [0.25, 0.3) is 0 Å². The molecule has 13 aromatic rings. The summed E-state index contributed by atoms with van der Waals surface area (Å²) >= 11 is 0. The van der Waals surface area contributed by atoms with Crippen LogP contribution in [0.15, 0.2) is 185 Å². The first kappa shape index (κ1) is 34.0. The molecule has 0 amide bonds.